The minimum atomic E-state index is -6.01. The van der Waals surface area contributed by atoms with E-state index in [4.69, 9.17) is 0 Å². The fourth-order valence-corrected chi connectivity index (χ4v) is 4.36. The first kappa shape index (κ1) is 22.4. The van der Waals surface area contributed by atoms with Crippen molar-refractivity contribution in [2.45, 2.75) is 18.5 Å². The Kier molecular flexibility index (Phi) is 5.01. The molecule has 3 aromatic rings. The van der Waals surface area contributed by atoms with Crippen molar-refractivity contribution >= 4 is 26.8 Å². The zero-order valence-electron chi connectivity index (χ0n) is 17.2. The molecule has 0 fully saturated rings. The molecule has 0 unspecified atom stereocenters. The van der Waals surface area contributed by atoms with Crippen molar-refractivity contribution in [1.82, 2.24) is 13.7 Å². The highest BCUT2D eigenvalue weighted by atomic mass is 32.2. The summed E-state index contributed by atoms with van der Waals surface area (Å²) < 4.78 is 70.2. The summed E-state index contributed by atoms with van der Waals surface area (Å²) in [7, 11) is -3.45. The molecule has 9 nitrogen and oxygen atoms in total. The van der Waals surface area contributed by atoms with Gasteiger partial charge in [0.05, 0.1) is 28.2 Å². The van der Waals surface area contributed by atoms with Gasteiger partial charge in [-0.15, -0.1) is 0 Å². The van der Waals surface area contributed by atoms with Gasteiger partial charge in [-0.1, -0.05) is 12.1 Å². The summed E-state index contributed by atoms with van der Waals surface area (Å²) in [4.78, 5) is 25.7. The van der Waals surface area contributed by atoms with Gasteiger partial charge in [0.1, 0.15) is 5.69 Å². The minimum absolute atomic E-state index is 0.0227. The Morgan fingerprint density at radius 3 is 2.45 bits per heavy atom. The first-order valence-corrected chi connectivity index (χ1v) is 10.8. The van der Waals surface area contributed by atoms with Crippen molar-refractivity contribution in [3.05, 3.63) is 62.4 Å². The molecule has 0 N–H and O–H groups in total. The van der Waals surface area contributed by atoms with E-state index in [1.807, 2.05) is 6.07 Å². The number of halogens is 3. The van der Waals surface area contributed by atoms with Gasteiger partial charge in [-0.05, 0) is 24.6 Å². The maximum Gasteiger partial charge on any atom is 0.534 e. The number of aromatic nitrogens is 3. The quantitative estimate of drug-likeness (QED) is 0.419. The number of rotatable bonds is 3. The van der Waals surface area contributed by atoms with Gasteiger partial charge in [0.2, 0.25) is 0 Å². The van der Waals surface area contributed by atoms with E-state index in [0.29, 0.717) is 5.56 Å². The Hall–Kier alpha value is -3.79. The molecule has 172 valence electrons. The molecular formula is C20H15F3N4O5S. The molecule has 0 atom stereocenters. The lowest BCUT2D eigenvalue weighted by Gasteiger charge is -2.20. The van der Waals surface area contributed by atoms with Crippen molar-refractivity contribution in [3.63, 3.8) is 0 Å². The molecule has 1 aliphatic rings. The Balaban J connectivity index is 2.15. The number of benzene rings is 1. The molecule has 3 heterocycles. The molecule has 1 aromatic carbocycles. The average molecular weight is 480 g/mol. The molecule has 0 amide bonds. The van der Waals surface area contributed by atoms with Crippen LogP contribution in [-0.2, 0) is 34.9 Å². The van der Waals surface area contributed by atoms with Crippen LogP contribution in [0.4, 0.5) is 13.2 Å². The molecule has 33 heavy (non-hydrogen) atoms. The number of allylic oxidation sites excluding steroid dienone is 1. The number of aryl methyl sites for hydroxylation is 1. The molecule has 0 bridgehead atoms. The Bertz CT molecular complexity index is 1620. The van der Waals surface area contributed by atoms with Crippen LogP contribution in [0.1, 0.15) is 17.7 Å². The molecule has 13 heteroatoms. The lowest BCUT2D eigenvalue weighted by molar-refractivity contribution is -0.0509. The van der Waals surface area contributed by atoms with Gasteiger partial charge >= 0.3 is 21.3 Å². The highest BCUT2D eigenvalue weighted by molar-refractivity contribution is 7.87. The molecule has 1 aliphatic heterocycles. The number of alkyl halides is 3. The van der Waals surface area contributed by atoms with Gasteiger partial charge in [0, 0.05) is 26.2 Å². The number of fused-ring (bicyclic) bond motifs is 3. The van der Waals surface area contributed by atoms with Crippen LogP contribution in [0, 0.1) is 11.3 Å². The minimum Gasteiger partial charge on any atom is -0.374 e. The van der Waals surface area contributed by atoms with Crippen LogP contribution >= 0.6 is 0 Å². The smallest absolute Gasteiger partial charge is 0.374 e. The molecule has 2 aromatic heterocycles. The summed E-state index contributed by atoms with van der Waals surface area (Å²) in [6.45, 7) is 0.159. The van der Waals surface area contributed by atoms with Crippen molar-refractivity contribution in [2.24, 2.45) is 14.1 Å². The van der Waals surface area contributed by atoms with E-state index in [1.54, 1.807) is 12.1 Å². The highest BCUT2D eigenvalue weighted by Gasteiger charge is 2.49. The lowest BCUT2D eigenvalue weighted by Crippen LogP contribution is -2.37. The van der Waals surface area contributed by atoms with Gasteiger partial charge in [-0.2, -0.15) is 26.9 Å². The molecule has 4 rings (SSSR count). The molecule has 0 spiro atoms. The maximum absolute atomic E-state index is 13.1. The third kappa shape index (κ3) is 3.34. The van der Waals surface area contributed by atoms with E-state index in [9.17, 15) is 36.4 Å². The highest BCUT2D eigenvalue weighted by Crippen LogP contribution is 2.40. The van der Waals surface area contributed by atoms with Crippen molar-refractivity contribution < 1.29 is 25.8 Å². The van der Waals surface area contributed by atoms with E-state index in [2.05, 4.69) is 4.18 Å². The monoisotopic (exact) mass is 480 g/mol. The Labute approximate surface area is 184 Å². The van der Waals surface area contributed by atoms with E-state index in [1.165, 1.54) is 30.8 Å². The van der Waals surface area contributed by atoms with Crippen LogP contribution < -0.4 is 11.2 Å². The normalized spacial score (nSPS) is 14.0. The standard InChI is InChI=1S/C20H15F3N4O5S/c1-25-17-14(18(28)26(2)19(25)29)15(12-6-3-5-11(9-12)10-24)27-8-4-7-13(16(17)27)32-33(30,31)20(21,22)23/h3,5-7,9H,4,8H2,1-2H3. The van der Waals surface area contributed by atoms with E-state index >= 15 is 0 Å². The van der Waals surface area contributed by atoms with Crippen LogP contribution in [0.3, 0.4) is 0 Å². The van der Waals surface area contributed by atoms with Crippen LogP contribution in [0.25, 0.3) is 27.9 Å². The van der Waals surface area contributed by atoms with Crippen LogP contribution in [-0.4, -0.2) is 27.6 Å². The second-order valence-electron chi connectivity index (χ2n) is 7.31. The second kappa shape index (κ2) is 7.38. The molecule has 0 saturated heterocycles. The van der Waals surface area contributed by atoms with Gasteiger partial charge < -0.3 is 8.75 Å². The fraction of sp³-hybridized carbons (Fsp3) is 0.250. The summed E-state index contributed by atoms with van der Waals surface area (Å²) in [6, 6.07) is 8.15. The first-order valence-electron chi connectivity index (χ1n) is 9.43. The number of nitriles is 1. The Morgan fingerprint density at radius 1 is 1.12 bits per heavy atom. The largest absolute Gasteiger partial charge is 0.534 e. The zero-order valence-corrected chi connectivity index (χ0v) is 18.0. The topological polar surface area (TPSA) is 116 Å². The molecule has 0 radical (unpaired) electrons. The fourth-order valence-electron chi connectivity index (χ4n) is 3.88. The van der Waals surface area contributed by atoms with Crippen LogP contribution in [0.2, 0.25) is 0 Å². The summed E-state index contributed by atoms with van der Waals surface area (Å²) >= 11 is 0. The Morgan fingerprint density at radius 2 is 1.82 bits per heavy atom. The maximum atomic E-state index is 13.1. The molecular weight excluding hydrogens is 465 g/mol. The zero-order chi connectivity index (χ0) is 24.3. The average Bonchev–Trinajstić information content (AvgIpc) is 3.11. The predicted molar refractivity (Wildman–Crippen MR) is 111 cm³/mol. The summed E-state index contributed by atoms with van der Waals surface area (Å²) in [5.41, 5.74) is -6.52. The van der Waals surface area contributed by atoms with Crippen molar-refractivity contribution in [1.29, 1.82) is 5.26 Å². The van der Waals surface area contributed by atoms with Gasteiger partial charge in [-0.25, -0.2) is 4.79 Å². The van der Waals surface area contributed by atoms with E-state index in [0.717, 1.165) is 15.2 Å². The number of hydrogen-bond donors (Lipinski definition) is 0. The van der Waals surface area contributed by atoms with E-state index in [-0.39, 0.29) is 40.8 Å². The summed E-state index contributed by atoms with van der Waals surface area (Å²) in [5, 5.41) is 9.24. The summed E-state index contributed by atoms with van der Waals surface area (Å²) in [6.07, 6.45) is 1.26. The van der Waals surface area contributed by atoms with Gasteiger partial charge in [-0.3, -0.25) is 13.9 Å². The predicted octanol–water partition coefficient (Wildman–Crippen LogP) is 2.19. The SMILES string of the molecule is Cn1c(=O)c2c(-c3cccc(C#N)c3)n3c(c2n(C)c1=O)C(OS(=O)(=O)C(F)(F)F)=CCC3. The van der Waals surface area contributed by atoms with Crippen molar-refractivity contribution in [2.75, 3.05) is 0 Å². The van der Waals surface area contributed by atoms with E-state index < -0.39 is 32.6 Å². The van der Waals surface area contributed by atoms with Crippen LogP contribution in [0.15, 0.2) is 39.9 Å². The third-order valence-electron chi connectivity index (χ3n) is 5.33. The van der Waals surface area contributed by atoms with Gasteiger partial charge in [0.15, 0.2) is 5.76 Å². The third-order valence-corrected chi connectivity index (χ3v) is 6.30. The molecule has 0 aliphatic carbocycles. The second-order valence-corrected chi connectivity index (χ2v) is 8.85. The number of hydrogen-bond acceptors (Lipinski definition) is 6. The van der Waals surface area contributed by atoms with Gasteiger partial charge in [0.25, 0.3) is 5.56 Å². The lowest BCUT2D eigenvalue weighted by atomic mass is 10.1. The molecule has 0 saturated carbocycles. The summed E-state index contributed by atoms with van der Waals surface area (Å²) in [5.74, 6) is -0.644. The first-order chi connectivity index (χ1) is 15.4. The number of nitrogens with zero attached hydrogens (tertiary/aromatic N) is 4. The van der Waals surface area contributed by atoms with Crippen LogP contribution in [0.5, 0.6) is 0 Å². The van der Waals surface area contributed by atoms with Crippen molar-refractivity contribution in [3.8, 4) is 17.3 Å².